The Morgan fingerprint density at radius 2 is 1.66 bits per heavy atom. The van der Waals surface area contributed by atoms with Gasteiger partial charge in [-0.15, -0.1) is 11.3 Å². The maximum absolute atomic E-state index is 12.2. The van der Waals surface area contributed by atoms with Crippen molar-refractivity contribution in [1.29, 1.82) is 0 Å². The molecule has 8 nitrogen and oxygen atoms in total. The molecule has 0 fully saturated rings. The molecule has 0 bridgehead atoms. The summed E-state index contributed by atoms with van der Waals surface area (Å²) in [5, 5.41) is 10.1. The highest BCUT2D eigenvalue weighted by Gasteiger charge is 2.11. The molecule has 0 aliphatic rings. The molecule has 3 aromatic rings. The Morgan fingerprint density at radius 1 is 0.969 bits per heavy atom. The van der Waals surface area contributed by atoms with Crippen molar-refractivity contribution in [3.63, 3.8) is 0 Å². The lowest BCUT2D eigenvalue weighted by atomic mass is 10.2. The lowest BCUT2D eigenvalue weighted by molar-refractivity contribution is -0.116. The molecule has 0 unspecified atom stereocenters. The number of aromatic nitrogens is 1. The molecule has 3 rings (SSSR count). The number of anilines is 3. The number of rotatable bonds is 9. The first-order chi connectivity index (χ1) is 15.4. The fourth-order valence-corrected chi connectivity index (χ4v) is 4.33. The summed E-state index contributed by atoms with van der Waals surface area (Å²) in [6.07, 6.45) is 0.144. The zero-order valence-electron chi connectivity index (χ0n) is 17.5. The van der Waals surface area contributed by atoms with Crippen LogP contribution in [-0.2, 0) is 20.8 Å². The Balaban J connectivity index is 1.45. The van der Waals surface area contributed by atoms with E-state index in [1.165, 1.54) is 30.0 Å². The third-order valence-corrected chi connectivity index (χ3v) is 6.11. The van der Waals surface area contributed by atoms with Crippen molar-refractivity contribution in [3.8, 4) is 5.75 Å². The Hall–Kier alpha value is -3.37. The van der Waals surface area contributed by atoms with Crippen LogP contribution in [0.15, 0.2) is 58.3 Å². The van der Waals surface area contributed by atoms with Gasteiger partial charge in [0.15, 0.2) is 4.34 Å². The van der Waals surface area contributed by atoms with Crippen molar-refractivity contribution in [1.82, 2.24) is 4.98 Å². The molecule has 166 valence electrons. The van der Waals surface area contributed by atoms with E-state index in [9.17, 15) is 14.4 Å². The van der Waals surface area contributed by atoms with Gasteiger partial charge in [-0.3, -0.25) is 14.4 Å². The number of hydrogen-bond acceptors (Lipinski definition) is 7. The predicted molar refractivity (Wildman–Crippen MR) is 128 cm³/mol. The molecule has 0 aliphatic heterocycles. The van der Waals surface area contributed by atoms with Crippen LogP contribution in [-0.4, -0.2) is 35.6 Å². The SMILES string of the molecule is COc1ccc(NC(=O)Cc2csc(SCC(=O)Nc3cccc(NC(C)=O)c3)n2)cc1. The van der Waals surface area contributed by atoms with Crippen LogP contribution in [0.2, 0.25) is 0 Å². The molecule has 0 spiro atoms. The molecule has 10 heteroatoms. The van der Waals surface area contributed by atoms with E-state index < -0.39 is 0 Å². The predicted octanol–water partition coefficient (Wildman–Crippen LogP) is 4.02. The number of methoxy groups -OCH3 is 1. The maximum atomic E-state index is 12.2. The van der Waals surface area contributed by atoms with E-state index >= 15 is 0 Å². The van der Waals surface area contributed by atoms with Gasteiger partial charge in [0.05, 0.1) is 25.0 Å². The number of amides is 3. The first-order valence-corrected chi connectivity index (χ1v) is 11.5. The molecule has 2 aromatic carbocycles. The average Bonchev–Trinajstić information content (AvgIpc) is 3.19. The molecule has 32 heavy (non-hydrogen) atoms. The second-order valence-corrected chi connectivity index (χ2v) is 8.74. The lowest BCUT2D eigenvalue weighted by Crippen LogP contribution is -2.15. The smallest absolute Gasteiger partial charge is 0.234 e. The fraction of sp³-hybridized carbons (Fsp3) is 0.182. The van der Waals surface area contributed by atoms with Crippen LogP contribution in [0.5, 0.6) is 5.75 Å². The summed E-state index contributed by atoms with van der Waals surface area (Å²) in [5.74, 6) is 0.350. The number of carbonyl (C=O) groups is 3. The van der Waals surface area contributed by atoms with E-state index in [1.807, 2.05) is 5.38 Å². The zero-order valence-corrected chi connectivity index (χ0v) is 19.1. The summed E-state index contributed by atoms with van der Waals surface area (Å²) in [6, 6.07) is 14.0. The average molecular weight is 471 g/mol. The maximum Gasteiger partial charge on any atom is 0.234 e. The largest absolute Gasteiger partial charge is 0.497 e. The highest BCUT2D eigenvalue weighted by Crippen LogP contribution is 2.24. The summed E-state index contributed by atoms with van der Waals surface area (Å²) in [4.78, 5) is 40.0. The molecule has 0 saturated carbocycles. The van der Waals surface area contributed by atoms with Gasteiger partial charge in [0.2, 0.25) is 17.7 Å². The Bertz CT molecular complexity index is 1100. The standard InChI is InChI=1S/C22H22N4O4S2/c1-14(27)23-16-4-3-5-17(10-16)25-21(29)13-32-22-26-18(12-31-22)11-20(28)24-15-6-8-19(30-2)9-7-15/h3-10,12H,11,13H2,1-2H3,(H,23,27)(H,24,28)(H,25,29). The van der Waals surface area contributed by atoms with Crippen LogP contribution in [0.1, 0.15) is 12.6 Å². The van der Waals surface area contributed by atoms with Gasteiger partial charge in [-0.05, 0) is 42.5 Å². The molecule has 0 saturated heterocycles. The van der Waals surface area contributed by atoms with Crippen molar-refractivity contribution in [3.05, 3.63) is 59.6 Å². The molecule has 0 aliphatic carbocycles. The number of thioether (sulfide) groups is 1. The summed E-state index contributed by atoms with van der Waals surface area (Å²) < 4.78 is 5.81. The molecule has 1 aromatic heterocycles. The zero-order chi connectivity index (χ0) is 22.9. The van der Waals surface area contributed by atoms with E-state index in [2.05, 4.69) is 20.9 Å². The quantitative estimate of drug-likeness (QED) is 0.408. The van der Waals surface area contributed by atoms with Crippen molar-refractivity contribution in [2.45, 2.75) is 17.7 Å². The Labute approximate surface area is 193 Å². The van der Waals surface area contributed by atoms with E-state index in [1.54, 1.807) is 55.6 Å². The molecular formula is C22H22N4O4S2. The van der Waals surface area contributed by atoms with Crippen LogP contribution in [0.25, 0.3) is 0 Å². The van der Waals surface area contributed by atoms with Crippen LogP contribution >= 0.6 is 23.1 Å². The topological polar surface area (TPSA) is 109 Å². The molecular weight excluding hydrogens is 448 g/mol. The Kier molecular flexibility index (Phi) is 8.23. The third kappa shape index (κ3) is 7.40. The molecule has 0 radical (unpaired) electrons. The number of nitrogens with one attached hydrogen (secondary N) is 3. The van der Waals surface area contributed by atoms with Crippen LogP contribution < -0.4 is 20.7 Å². The van der Waals surface area contributed by atoms with Crippen LogP contribution in [0, 0.1) is 0 Å². The van der Waals surface area contributed by atoms with E-state index in [4.69, 9.17) is 4.74 Å². The lowest BCUT2D eigenvalue weighted by Gasteiger charge is -2.07. The first kappa shape index (κ1) is 23.3. The highest BCUT2D eigenvalue weighted by molar-refractivity contribution is 8.01. The van der Waals surface area contributed by atoms with Gasteiger partial charge in [0.25, 0.3) is 0 Å². The van der Waals surface area contributed by atoms with Gasteiger partial charge < -0.3 is 20.7 Å². The number of hydrogen-bond donors (Lipinski definition) is 3. The summed E-state index contributed by atoms with van der Waals surface area (Å²) >= 11 is 2.69. The van der Waals surface area contributed by atoms with Crippen molar-refractivity contribution >= 4 is 57.9 Å². The number of benzene rings is 2. The second-order valence-electron chi connectivity index (χ2n) is 6.66. The monoisotopic (exact) mass is 470 g/mol. The van der Waals surface area contributed by atoms with E-state index in [0.717, 1.165) is 0 Å². The number of nitrogens with zero attached hydrogens (tertiary/aromatic N) is 1. The summed E-state index contributed by atoms with van der Waals surface area (Å²) in [7, 11) is 1.58. The van der Waals surface area contributed by atoms with Gasteiger partial charge in [0.1, 0.15) is 5.75 Å². The van der Waals surface area contributed by atoms with Gasteiger partial charge in [-0.25, -0.2) is 4.98 Å². The molecule has 1 heterocycles. The molecule has 0 atom stereocenters. The van der Waals surface area contributed by atoms with Gasteiger partial charge >= 0.3 is 0 Å². The van der Waals surface area contributed by atoms with Gasteiger partial charge in [0, 0.05) is 29.4 Å². The fourth-order valence-electron chi connectivity index (χ4n) is 2.68. The van der Waals surface area contributed by atoms with Crippen molar-refractivity contribution in [2.75, 3.05) is 28.8 Å². The summed E-state index contributed by atoms with van der Waals surface area (Å²) in [6.45, 7) is 1.42. The van der Waals surface area contributed by atoms with Crippen LogP contribution in [0.3, 0.4) is 0 Å². The van der Waals surface area contributed by atoms with Crippen molar-refractivity contribution in [2.24, 2.45) is 0 Å². The van der Waals surface area contributed by atoms with Crippen molar-refractivity contribution < 1.29 is 19.1 Å². The number of carbonyl (C=O) groups excluding carboxylic acids is 3. The number of ether oxygens (including phenoxy) is 1. The third-order valence-electron chi connectivity index (χ3n) is 4.04. The minimum Gasteiger partial charge on any atom is -0.497 e. The first-order valence-electron chi connectivity index (χ1n) is 9.60. The van der Waals surface area contributed by atoms with Crippen LogP contribution in [0.4, 0.5) is 17.1 Å². The normalized spacial score (nSPS) is 10.3. The minimum absolute atomic E-state index is 0.144. The molecule has 3 N–H and O–H groups in total. The second kappa shape index (κ2) is 11.3. The summed E-state index contributed by atoms with van der Waals surface area (Å²) in [5.41, 5.74) is 2.53. The number of thiazole rings is 1. The van der Waals surface area contributed by atoms with E-state index in [-0.39, 0.29) is 29.9 Å². The highest BCUT2D eigenvalue weighted by atomic mass is 32.2. The Morgan fingerprint density at radius 3 is 2.34 bits per heavy atom. The van der Waals surface area contributed by atoms with Gasteiger partial charge in [-0.2, -0.15) is 0 Å². The van der Waals surface area contributed by atoms with Gasteiger partial charge in [-0.1, -0.05) is 17.8 Å². The molecule has 3 amide bonds. The van der Waals surface area contributed by atoms with E-state index in [0.29, 0.717) is 32.8 Å². The minimum atomic E-state index is -0.191.